The lowest BCUT2D eigenvalue weighted by atomic mass is 9.96. The molecular formula is C23H31FIN5O. The summed E-state index contributed by atoms with van der Waals surface area (Å²) in [7, 11) is 1.73. The molecule has 0 radical (unpaired) electrons. The van der Waals surface area contributed by atoms with E-state index < -0.39 is 0 Å². The fourth-order valence-electron chi connectivity index (χ4n) is 3.33. The number of nitrogens with zero attached hydrogens (tertiary/aromatic N) is 1. The summed E-state index contributed by atoms with van der Waals surface area (Å²) >= 11 is 0. The van der Waals surface area contributed by atoms with E-state index in [1.165, 1.54) is 6.07 Å². The minimum Gasteiger partial charge on any atom is -0.356 e. The maximum Gasteiger partial charge on any atom is 0.319 e. The second-order valence-corrected chi connectivity index (χ2v) is 8.02. The molecule has 0 heterocycles. The van der Waals surface area contributed by atoms with Gasteiger partial charge in [-0.15, -0.1) is 24.0 Å². The smallest absolute Gasteiger partial charge is 0.319 e. The van der Waals surface area contributed by atoms with Gasteiger partial charge in [0.05, 0.1) is 0 Å². The third kappa shape index (κ3) is 7.37. The second-order valence-electron chi connectivity index (χ2n) is 8.02. The largest absolute Gasteiger partial charge is 0.356 e. The lowest BCUT2D eigenvalue weighted by Gasteiger charge is -2.19. The van der Waals surface area contributed by atoms with Crippen LogP contribution in [0.2, 0.25) is 0 Å². The Morgan fingerprint density at radius 3 is 2.42 bits per heavy atom. The molecular weight excluding hydrogens is 508 g/mol. The number of amides is 2. The number of halogens is 2. The Bertz CT molecular complexity index is 897. The molecule has 1 aliphatic carbocycles. The first-order chi connectivity index (χ1) is 14.4. The van der Waals surface area contributed by atoms with Crippen LogP contribution in [0.4, 0.5) is 14.9 Å². The first kappa shape index (κ1) is 24.9. The van der Waals surface area contributed by atoms with Crippen LogP contribution in [0.3, 0.4) is 0 Å². The molecule has 2 aromatic carbocycles. The van der Waals surface area contributed by atoms with Crippen LogP contribution in [-0.4, -0.2) is 31.6 Å². The Kier molecular flexibility index (Phi) is 9.09. The summed E-state index contributed by atoms with van der Waals surface area (Å²) in [4.78, 5) is 16.0. The Balaban J connectivity index is 0.00000341. The fraction of sp³-hybridized carbons (Fsp3) is 0.391. The van der Waals surface area contributed by atoms with Crippen molar-refractivity contribution in [3.8, 4) is 0 Å². The van der Waals surface area contributed by atoms with Gasteiger partial charge in [-0.05, 0) is 62.1 Å². The van der Waals surface area contributed by atoms with E-state index in [9.17, 15) is 9.18 Å². The van der Waals surface area contributed by atoms with E-state index in [0.717, 1.165) is 29.7 Å². The summed E-state index contributed by atoms with van der Waals surface area (Å²) in [6.45, 7) is 5.14. The van der Waals surface area contributed by atoms with Gasteiger partial charge >= 0.3 is 6.03 Å². The van der Waals surface area contributed by atoms with Crippen molar-refractivity contribution >= 4 is 41.7 Å². The molecule has 1 aliphatic rings. The lowest BCUT2D eigenvalue weighted by molar-refractivity contribution is 0.250. The zero-order chi connectivity index (χ0) is 21.6. The Hall–Kier alpha value is -2.36. The number of hydrogen-bond acceptors (Lipinski definition) is 2. The molecule has 6 nitrogen and oxygen atoms in total. The van der Waals surface area contributed by atoms with Gasteiger partial charge in [-0.1, -0.05) is 24.3 Å². The van der Waals surface area contributed by atoms with E-state index in [0.29, 0.717) is 19.0 Å². The summed E-state index contributed by atoms with van der Waals surface area (Å²) in [6, 6.07) is 14.4. The fourth-order valence-corrected chi connectivity index (χ4v) is 3.33. The number of hydrogen-bond donors (Lipinski definition) is 4. The standard InChI is InChI=1S/C23H30FN5O.HI/c1-16(2)28-22(30)29-20-9-7-17(8-10-20)14-26-21(25-3)27-15-23(11-12-23)18-5-4-6-19(24)13-18;/h4-10,13,16H,11-12,14-15H2,1-3H3,(H2,25,26,27)(H2,28,29,30);1H. The highest BCUT2D eigenvalue weighted by atomic mass is 127. The quantitative estimate of drug-likeness (QED) is 0.240. The third-order valence-electron chi connectivity index (χ3n) is 5.20. The van der Waals surface area contributed by atoms with Crippen LogP contribution in [0.25, 0.3) is 0 Å². The topological polar surface area (TPSA) is 77.5 Å². The molecule has 2 aromatic rings. The molecule has 0 spiro atoms. The van der Waals surface area contributed by atoms with Crippen LogP contribution in [0.5, 0.6) is 0 Å². The average Bonchev–Trinajstić information content (AvgIpc) is 3.50. The van der Waals surface area contributed by atoms with Gasteiger partial charge in [-0.3, -0.25) is 4.99 Å². The van der Waals surface area contributed by atoms with E-state index in [1.807, 2.05) is 44.2 Å². The van der Waals surface area contributed by atoms with Gasteiger partial charge in [0.25, 0.3) is 0 Å². The van der Waals surface area contributed by atoms with Crippen LogP contribution >= 0.6 is 24.0 Å². The summed E-state index contributed by atoms with van der Waals surface area (Å²) < 4.78 is 13.6. The Labute approximate surface area is 200 Å². The highest BCUT2D eigenvalue weighted by molar-refractivity contribution is 14.0. The molecule has 0 saturated heterocycles. The first-order valence-corrected chi connectivity index (χ1v) is 10.3. The van der Waals surface area contributed by atoms with E-state index >= 15 is 0 Å². The Morgan fingerprint density at radius 2 is 1.84 bits per heavy atom. The molecule has 0 aliphatic heterocycles. The highest BCUT2D eigenvalue weighted by Crippen LogP contribution is 2.47. The van der Waals surface area contributed by atoms with Crippen molar-refractivity contribution in [1.29, 1.82) is 0 Å². The molecule has 1 saturated carbocycles. The maximum absolute atomic E-state index is 13.6. The number of benzene rings is 2. The monoisotopic (exact) mass is 539 g/mol. The van der Waals surface area contributed by atoms with Crippen LogP contribution in [-0.2, 0) is 12.0 Å². The molecule has 0 unspecified atom stereocenters. The second kappa shape index (κ2) is 11.3. The van der Waals surface area contributed by atoms with Crippen molar-refractivity contribution in [2.75, 3.05) is 18.9 Å². The van der Waals surface area contributed by atoms with Gasteiger partial charge in [0, 0.05) is 37.3 Å². The van der Waals surface area contributed by atoms with Crippen molar-refractivity contribution in [2.24, 2.45) is 4.99 Å². The van der Waals surface area contributed by atoms with E-state index in [-0.39, 0.29) is 47.3 Å². The van der Waals surface area contributed by atoms with Crippen molar-refractivity contribution in [3.63, 3.8) is 0 Å². The Morgan fingerprint density at radius 1 is 1.13 bits per heavy atom. The van der Waals surface area contributed by atoms with Crippen LogP contribution in [0, 0.1) is 5.82 Å². The van der Waals surface area contributed by atoms with Crippen molar-refractivity contribution < 1.29 is 9.18 Å². The predicted octanol–water partition coefficient (Wildman–Crippen LogP) is 4.37. The van der Waals surface area contributed by atoms with Gasteiger partial charge in [-0.25, -0.2) is 9.18 Å². The molecule has 168 valence electrons. The molecule has 4 N–H and O–H groups in total. The number of urea groups is 1. The van der Waals surface area contributed by atoms with Crippen LogP contribution in [0.1, 0.15) is 37.8 Å². The average molecular weight is 539 g/mol. The van der Waals surface area contributed by atoms with E-state index in [1.54, 1.807) is 19.2 Å². The minimum atomic E-state index is -0.215. The van der Waals surface area contributed by atoms with Gasteiger partial charge < -0.3 is 21.3 Å². The van der Waals surface area contributed by atoms with Crippen LogP contribution in [0.15, 0.2) is 53.5 Å². The molecule has 31 heavy (non-hydrogen) atoms. The maximum atomic E-state index is 13.6. The van der Waals surface area contributed by atoms with Crippen LogP contribution < -0.4 is 21.3 Å². The van der Waals surface area contributed by atoms with Crippen molar-refractivity contribution in [2.45, 2.75) is 44.7 Å². The summed E-state index contributed by atoms with van der Waals surface area (Å²) in [5.74, 6) is 0.511. The number of guanidine groups is 1. The predicted molar refractivity (Wildman–Crippen MR) is 135 cm³/mol. The molecule has 0 atom stereocenters. The number of anilines is 1. The molecule has 8 heteroatoms. The lowest BCUT2D eigenvalue weighted by Crippen LogP contribution is -2.40. The number of nitrogens with one attached hydrogen (secondary N) is 4. The van der Waals surface area contributed by atoms with Gasteiger partial charge in [0.1, 0.15) is 5.82 Å². The number of rotatable bonds is 7. The highest BCUT2D eigenvalue weighted by Gasteiger charge is 2.44. The van der Waals surface area contributed by atoms with Crippen molar-refractivity contribution in [1.82, 2.24) is 16.0 Å². The first-order valence-electron chi connectivity index (χ1n) is 10.3. The third-order valence-corrected chi connectivity index (χ3v) is 5.20. The van der Waals surface area contributed by atoms with Gasteiger partial charge in [0.2, 0.25) is 0 Å². The molecule has 1 fully saturated rings. The van der Waals surface area contributed by atoms with Gasteiger partial charge in [0.15, 0.2) is 5.96 Å². The van der Waals surface area contributed by atoms with Crippen molar-refractivity contribution in [3.05, 3.63) is 65.5 Å². The molecule has 0 bridgehead atoms. The molecule has 2 amide bonds. The normalized spacial score (nSPS) is 14.4. The van der Waals surface area contributed by atoms with E-state index in [4.69, 9.17) is 0 Å². The summed E-state index contributed by atoms with van der Waals surface area (Å²) in [6.07, 6.45) is 2.08. The zero-order valence-corrected chi connectivity index (χ0v) is 20.5. The number of carbonyl (C=O) groups is 1. The summed E-state index contributed by atoms with van der Waals surface area (Å²) in [5.41, 5.74) is 2.84. The SMILES string of the molecule is CN=C(NCc1ccc(NC(=O)NC(C)C)cc1)NCC1(c2cccc(F)c2)CC1.I. The van der Waals surface area contributed by atoms with E-state index in [2.05, 4.69) is 26.3 Å². The molecule has 3 rings (SSSR count). The number of aliphatic imine (C=N–C) groups is 1. The summed E-state index contributed by atoms with van der Waals surface area (Å²) in [5, 5.41) is 12.3. The minimum absolute atomic E-state index is 0. The zero-order valence-electron chi connectivity index (χ0n) is 18.2. The molecule has 0 aromatic heterocycles. The number of carbonyl (C=O) groups excluding carboxylic acids is 1. The van der Waals surface area contributed by atoms with Gasteiger partial charge in [-0.2, -0.15) is 0 Å².